The zero-order valence-electron chi connectivity index (χ0n) is 9.08. The fraction of sp³-hybridized carbons (Fsp3) is 0.400. The van der Waals surface area contributed by atoms with E-state index in [-0.39, 0.29) is 11.3 Å². The van der Waals surface area contributed by atoms with Crippen molar-refractivity contribution in [1.29, 1.82) is 0 Å². The van der Waals surface area contributed by atoms with Crippen molar-refractivity contribution in [1.82, 2.24) is 9.36 Å². The molecule has 0 radical (unpaired) electrons. The van der Waals surface area contributed by atoms with E-state index >= 15 is 0 Å². The quantitative estimate of drug-likeness (QED) is 0.868. The van der Waals surface area contributed by atoms with Crippen LogP contribution in [0.25, 0.3) is 0 Å². The number of hydrogen-bond donors (Lipinski definition) is 1. The molecule has 0 fully saturated rings. The number of rotatable bonds is 4. The number of thiophene rings is 1. The molecular formula is C10H13N3S3. The first-order valence-corrected chi connectivity index (χ1v) is 7.46. The van der Waals surface area contributed by atoms with Crippen LogP contribution in [0.3, 0.4) is 0 Å². The molecule has 6 heteroatoms. The average molecular weight is 271 g/mol. The average Bonchev–Trinajstić information content (AvgIpc) is 2.84. The van der Waals surface area contributed by atoms with E-state index in [0.717, 1.165) is 10.2 Å². The van der Waals surface area contributed by atoms with Crippen molar-refractivity contribution >= 4 is 34.6 Å². The molecule has 2 rings (SSSR count). The Morgan fingerprint density at radius 1 is 1.50 bits per heavy atom. The highest BCUT2D eigenvalue weighted by molar-refractivity contribution is 8.01. The van der Waals surface area contributed by atoms with Crippen molar-refractivity contribution in [3.63, 3.8) is 0 Å². The Balaban J connectivity index is 2.15. The maximum atomic E-state index is 6.02. The molecule has 0 spiro atoms. The first-order valence-electron chi connectivity index (χ1n) is 4.93. The zero-order chi connectivity index (χ0) is 11.5. The summed E-state index contributed by atoms with van der Waals surface area (Å²) in [5, 5.41) is 2.35. The molecule has 0 aromatic carbocycles. The summed E-state index contributed by atoms with van der Waals surface area (Å²) in [7, 11) is 0. The van der Waals surface area contributed by atoms with Crippen LogP contribution < -0.4 is 5.73 Å². The van der Waals surface area contributed by atoms with Crippen LogP contribution in [-0.4, -0.2) is 15.4 Å². The molecule has 0 saturated carbocycles. The summed E-state index contributed by atoms with van der Waals surface area (Å²) in [6.07, 6.45) is 0. The monoisotopic (exact) mass is 271 g/mol. The van der Waals surface area contributed by atoms with Crippen LogP contribution in [0.1, 0.15) is 22.9 Å². The van der Waals surface area contributed by atoms with Gasteiger partial charge in [0.05, 0.1) is 5.25 Å². The molecule has 2 heterocycles. The fourth-order valence-electron chi connectivity index (χ4n) is 1.31. The van der Waals surface area contributed by atoms with Crippen molar-refractivity contribution in [3.05, 3.63) is 28.2 Å². The molecule has 0 amide bonds. The van der Waals surface area contributed by atoms with Crippen LogP contribution in [0.5, 0.6) is 0 Å². The minimum Gasteiger partial charge on any atom is -0.327 e. The maximum absolute atomic E-state index is 6.02. The summed E-state index contributed by atoms with van der Waals surface area (Å²) in [5.74, 6) is 0.835. The number of hydrogen-bond acceptors (Lipinski definition) is 6. The van der Waals surface area contributed by atoms with Gasteiger partial charge in [-0.25, -0.2) is 4.98 Å². The third-order valence-corrected chi connectivity index (χ3v) is 5.49. The van der Waals surface area contributed by atoms with E-state index in [1.807, 2.05) is 13.8 Å². The van der Waals surface area contributed by atoms with Gasteiger partial charge in [0.2, 0.25) is 0 Å². The van der Waals surface area contributed by atoms with Crippen LogP contribution in [-0.2, 0) is 0 Å². The second-order valence-electron chi connectivity index (χ2n) is 3.52. The van der Waals surface area contributed by atoms with E-state index in [1.165, 1.54) is 16.4 Å². The van der Waals surface area contributed by atoms with Crippen LogP contribution in [0.4, 0.5) is 0 Å². The van der Waals surface area contributed by atoms with Gasteiger partial charge in [-0.3, -0.25) is 0 Å². The summed E-state index contributed by atoms with van der Waals surface area (Å²) in [5.41, 5.74) is 6.02. The second kappa shape index (κ2) is 5.27. The molecule has 2 aromatic rings. The third-order valence-electron chi connectivity index (χ3n) is 2.04. The molecule has 16 heavy (non-hydrogen) atoms. The summed E-state index contributed by atoms with van der Waals surface area (Å²) in [6.45, 7) is 3.94. The molecule has 3 nitrogen and oxygen atoms in total. The second-order valence-corrected chi connectivity index (χ2v) is 6.64. The minimum absolute atomic E-state index is 0.104. The first kappa shape index (κ1) is 12.0. The van der Waals surface area contributed by atoms with Crippen LogP contribution in [0, 0.1) is 6.92 Å². The molecule has 0 bridgehead atoms. The topological polar surface area (TPSA) is 51.8 Å². The van der Waals surface area contributed by atoms with Crippen LogP contribution >= 0.6 is 34.6 Å². The highest BCUT2D eigenvalue weighted by atomic mass is 32.2. The van der Waals surface area contributed by atoms with Gasteiger partial charge in [0.25, 0.3) is 0 Å². The molecule has 2 unspecified atom stereocenters. The summed E-state index contributed by atoms with van der Waals surface area (Å²) < 4.78 is 5.18. The van der Waals surface area contributed by atoms with E-state index in [9.17, 15) is 0 Å². The van der Waals surface area contributed by atoms with E-state index in [1.54, 1.807) is 23.1 Å². The van der Waals surface area contributed by atoms with Crippen LogP contribution in [0.15, 0.2) is 21.9 Å². The molecular weight excluding hydrogens is 258 g/mol. The number of aryl methyl sites for hydroxylation is 1. The van der Waals surface area contributed by atoms with Gasteiger partial charge in [0, 0.05) is 10.9 Å². The fourth-order valence-corrected chi connectivity index (χ4v) is 4.27. The van der Waals surface area contributed by atoms with Gasteiger partial charge in [-0.2, -0.15) is 4.37 Å². The van der Waals surface area contributed by atoms with E-state index in [4.69, 9.17) is 5.73 Å². The largest absolute Gasteiger partial charge is 0.327 e. The Bertz CT molecular complexity index is 436. The van der Waals surface area contributed by atoms with Gasteiger partial charge in [-0.1, -0.05) is 17.8 Å². The molecule has 86 valence electrons. The molecule has 0 saturated heterocycles. The van der Waals surface area contributed by atoms with Crippen molar-refractivity contribution in [2.45, 2.75) is 29.5 Å². The number of nitrogens with two attached hydrogens (primary N) is 1. The first-order chi connectivity index (χ1) is 7.66. The molecule has 0 aliphatic carbocycles. The van der Waals surface area contributed by atoms with Gasteiger partial charge in [0.1, 0.15) is 5.82 Å². The standard InChI is InChI=1S/C10H13N3S3/c1-6(11)9(8-4-3-5-14-8)15-10-12-7(2)13-16-10/h3-6,9H,11H2,1-2H3. The smallest absolute Gasteiger partial charge is 0.170 e. The normalized spacial score (nSPS) is 14.9. The summed E-state index contributed by atoms with van der Waals surface area (Å²) in [4.78, 5) is 5.66. The van der Waals surface area contributed by atoms with Crippen molar-refractivity contribution in [2.75, 3.05) is 0 Å². The van der Waals surface area contributed by atoms with Crippen molar-refractivity contribution in [3.8, 4) is 0 Å². The molecule has 2 N–H and O–H groups in total. The van der Waals surface area contributed by atoms with E-state index < -0.39 is 0 Å². The lowest BCUT2D eigenvalue weighted by molar-refractivity contribution is 0.729. The maximum Gasteiger partial charge on any atom is 0.170 e. The Morgan fingerprint density at radius 3 is 2.81 bits per heavy atom. The highest BCUT2D eigenvalue weighted by Gasteiger charge is 2.20. The Hall–Kier alpha value is -0.430. The predicted molar refractivity (Wildman–Crippen MR) is 71.2 cm³/mol. The van der Waals surface area contributed by atoms with E-state index in [2.05, 4.69) is 26.9 Å². The predicted octanol–water partition coefficient (Wildman–Crippen LogP) is 3.09. The molecule has 0 aliphatic rings. The molecule has 0 aliphatic heterocycles. The number of aromatic nitrogens is 2. The van der Waals surface area contributed by atoms with Gasteiger partial charge >= 0.3 is 0 Å². The third kappa shape index (κ3) is 2.82. The van der Waals surface area contributed by atoms with Crippen LogP contribution in [0.2, 0.25) is 0 Å². The minimum atomic E-state index is 0.104. The highest BCUT2D eigenvalue weighted by Crippen LogP contribution is 2.39. The number of nitrogens with zero attached hydrogens (tertiary/aromatic N) is 2. The zero-order valence-corrected chi connectivity index (χ0v) is 11.5. The SMILES string of the molecule is Cc1nsc(SC(c2cccs2)C(C)N)n1. The summed E-state index contributed by atoms with van der Waals surface area (Å²) >= 11 is 4.89. The van der Waals surface area contributed by atoms with Gasteiger partial charge < -0.3 is 5.73 Å². The molecule has 2 atom stereocenters. The Morgan fingerprint density at radius 2 is 2.31 bits per heavy atom. The van der Waals surface area contributed by atoms with E-state index in [0.29, 0.717) is 0 Å². The van der Waals surface area contributed by atoms with Crippen molar-refractivity contribution in [2.24, 2.45) is 5.73 Å². The van der Waals surface area contributed by atoms with Crippen molar-refractivity contribution < 1.29 is 0 Å². The Kier molecular flexibility index (Phi) is 3.96. The summed E-state index contributed by atoms with van der Waals surface area (Å²) in [6, 6.07) is 4.29. The molecule has 2 aromatic heterocycles. The number of thioether (sulfide) groups is 1. The lowest BCUT2D eigenvalue weighted by Crippen LogP contribution is -2.21. The van der Waals surface area contributed by atoms with Gasteiger partial charge in [0.15, 0.2) is 4.34 Å². The van der Waals surface area contributed by atoms with Gasteiger partial charge in [-0.05, 0) is 36.8 Å². The van der Waals surface area contributed by atoms with Gasteiger partial charge in [-0.15, -0.1) is 11.3 Å². The lowest BCUT2D eigenvalue weighted by Gasteiger charge is -2.16. The lowest BCUT2D eigenvalue weighted by atomic mass is 10.2. The Labute approximate surface area is 107 Å².